The zero-order chi connectivity index (χ0) is 13.4. The van der Waals surface area contributed by atoms with Gasteiger partial charge in [-0.05, 0) is 32.0 Å². The van der Waals surface area contributed by atoms with E-state index < -0.39 is 5.97 Å². The van der Waals surface area contributed by atoms with Crippen molar-refractivity contribution in [1.29, 1.82) is 0 Å². The fraction of sp³-hybridized carbons (Fsp3) is 0.167. The Hall–Kier alpha value is -1.52. The quantitative estimate of drug-likeness (QED) is 0.918. The molecule has 4 nitrogen and oxygen atoms in total. The fourth-order valence-electron chi connectivity index (χ4n) is 1.56. The molecule has 1 aromatic carbocycles. The van der Waals surface area contributed by atoms with Crippen LogP contribution in [0, 0.1) is 13.8 Å². The fourth-order valence-corrected chi connectivity index (χ4v) is 2.03. The number of aromatic carboxylic acids is 1. The van der Waals surface area contributed by atoms with Gasteiger partial charge in [0, 0.05) is 5.56 Å². The van der Waals surface area contributed by atoms with Crippen molar-refractivity contribution >= 4 is 29.2 Å². The van der Waals surface area contributed by atoms with E-state index in [0.717, 1.165) is 11.3 Å². The molecule has 0 aliphatic heterocycles. The number of nitrogens with zero attached hydrogens (tertiary/aromatic N) is 2. The van der Waals surface area contributed by atoms with E-state index in [1.165, 1.54) is 16.8 Å². The summed E-state index contributed by atoms with van der Waals surface area (Å²) in [6.07, 6.45) is 0. The van der Waals surface area contributed by atoms with Crippen molar-refractivity contribution in [3.63, 3.8) is 0 Å². The summed E-state index contributed by atoms with van der Waals surface area (Å²) < 4.78 is 1.50. The van der Waals surface area contributed by atoms with E-state index in [2.05, 4.69) is 5.10 Å². The highest BCUT2D eigenvalue weighted by Gasteiger charge is 2.14. The van der Waals surface area contributed by atoms with Gasteiger partial charge in [-0.2, -0.15) is 5.10 Å². The Morgan fingerprint density at radius 2 is 2.00 bits per heavy atom. The van der Waals surface area contributed by atoms with E-state index in [-0.39, 0.29) is 10.6 Å². The molecule has 1 N–H and O–H groups in total. The molecule has 94 valence electrons. The van der Waals surface area contributed by atoms with E-state index >= 15 is 0 Å². The molecule has 6 heteroatoms. The Labute approximate surface area is 114 Å². The maximum Gasteiger partial charge on any atom is 0.337 e. The van der Waals surface area contributed by atoms with Gasteiger partial charge in [0.05, 0.1) is 22.0 Å². The molecule has 2 rings (SSSR count). The largest absolute Gasteiger partial charge is 0.478 e. The van der Waals surface area contributed by atoms with E-state index in [1.807, 2.05) is 13.8 Å². The zero-order valence-electron chi connectivity index (χ0n) is 9.74. The van der Waals surface area contributed by atoms with Crippen LogP contribution < -0.4 is 0 Å². The third kappa shape index (κ3) is 2.09. The van der Waals surface area contributed by atoms with Gasteiger partial charge < -0.3 is 5.11 Å². The summed E-state index contributed by atoms with van der Waals surface area (Å²) >= 11 is 12.0. The van der Waals surface area contributed by atoms with Gasteiger partial charge in [0.2, 0.25) is 0 Å². The number of hydrogen-bond acceptors (Lipinski definition) is 2. The summed E-state index contributed by atoms with van der Waals surface area (Å²) in [6, 6.07) is 4.64. The van der Waals surface area contributed by atoms with Crippen molar-refractivity contribution in [1.82, 2.24) is 9.78 Å². The molecule has 0 amide bonds. The number of aromatic nitrogens is 2. The van der Waals surface area contributed by atoms with Crippen molar-refractivity contribution < 1.29 is 9.90 Å². The van der Waals surface area contributed by atoms with Crippen molar-refractivity contribution in [2.45, 2.75) is 13.8 Å². The molecule has 0 fully saturated rings. The summed E-state index contributed by atoms with van der Waals surface area (Å²) in [7, 11) is 0. The molecule has 0 atom stereocenters. The van der Waals surface area contributed by atoms with Crippen LogP contribution in [0.15, 0.2) is 18.2 Å². The van der Waals surface area contributed by atoms with Crippen LogP contribution in [0.2, 0.25) is 10.2 Å². The molecule has 1 aromatic heterocycles. The predicted molar refractivity (Wildman–Crippen MR) is 70.0 cm³/mol. The van der Waals surface area contributed by atoms with Crippen LogP contribution in [0.25, 0.3) is 5.69 Å². The first-order valence-corrected chi connectivity index (χ1v) is 5.92. The lowest BCUT2D eigenvalue weighted by Gasteiger charge is -2.06. The molecule has 2 aromatic rings. The van der Waals surface area contributed by atoms with Crippen LogP contribution in [-0.2, 0) is 0 Å². The molecule has 1 heterocycles. The van der Waals surface area contributed by atoms with Gasteiger partial charge in [-0.1, -0.05) is 23.2 Å². The summed E-state index contributed by atoms with van der Waals surface area (Å²) in [5, 5.41) is 13.9. The first-order chi connectivity index (χ1) is 8.41. The van der Waals surface area contributed by atoms with Gasteiger partial charge in [0.15, 0.2) is 0 Å². The summed E-state index contributed by atoms with van der Waals surface area (Å²) in [5.41, 5.74) is 2.25. The minimum atomic E-state index is -1.08. The summed E-state index contributed by atoms with van der Waals surface area (Å²) in [5.74, 6) is -1.08. The highest BCUT2D eigenvalue weighted by atomic mass is 35.5. The first-order valence-electron chi connectivity index (χ1n) is 5.16. The lowest BCUT2D eigenvalue weighted by atomic mass is 10.2. The summed E-state index contributed by atoms with van der Waals surface area (Å²) in [6.45, 7) is 3.70. The highest BCUT2D eigenvalue weighted by molar-refractivity contribution is 6.33. The topological polar surface area (TPSA) is 55.1 Å². The second-order valence-corrected chi connectivity index (χ2v) is 4.65. The van der Waals surface area contributed by atoms with Crippen LogP contribution in [0.3, 0.4) is 0 Å². The Kier molecular flexibility index (Phi) is 3.32. The minimum Gasteiger partial charge on any atom is -0.478 e. The Bertz CT molecular complexity index is 635. The number of halogens is 2. The molecule has 0 aliphatic carbocycles. The average Bonchev–Trinajstić information content (AvgIpc) is 2.57. The van der Waals surface area contributed by atoms with Gasteiger partial charge in [0.25, 0.3) is 0 Å². The van der Waals surface area contributed by atoms with E-state index in [0.29, 0.717) is 10.8 Å². The number of aryl methyl sites for hydroxylation is 1. The molecular weight excluding hydrogens is 275 g/mol. The average molecular weight is 285 g/mol. The van der Waals surface area contributed by atoms with Crippen LogP contribution in [0.5, 0.6) is 0 Å². The number of hydrogen-bond donors (Lipinski definition) is 1. The SMILES string of the molecule is Cc1nn(-c2ccc(Cl)c(C(=O)O)c2)c(Cl)c1C. The van der Waals surface area contributed by atoms with Crippen LogP contribution >= 0.6 is 23.2 Å². The number of carboxylic acid groups (broad SMARTS) is 1. The maximum absolute atomic E-state index is 11.0. The van der Waals surface area contributed by atoms with Gasteiger partial charge >= 0.3 is 5.97 Å². The number of rotatable bonds is 2. The molecule has 0 spiro atoms. The third-order valence-electron chi connectivity index (χ3n) is 2.71. The van der Waals surface area contributed by atoms with Crippen molar-refractivity contribution in [3.05, 3.63) is 45.2 Å². The molecule has 18 heavy (non-hydrogen) atoms. The van der Waals surface area contributed by atoms with Crippen molar-refractivity contribution in [3.8, 4) is 5.69 Å². The van der Waals surface area contributed by atoms with Crippen molar-refractivity contribution in [2.24, 2.45) is 0 Å². The smallest absolute Gasteiger partial charge is 0.337 e. The monoisotopic (exact) mass is 284 g/mol. The van der Waals surface area contributed by atoms with Gasteiger partial charge in [-0.15, -0.1) is 0 Å². The summed E-state index contributed by atoms with van der Waals surface area (Å²) in [4.78, 5) is 11.0. The second-order valence-electron chi connectivity index (χ2n) is 3.88. The Balaban J connectivity index is 2.61. The number of carboxylic acids is 1. The minimum absolute atomic E-state index is 0.0241. The Morgan fingerprint density at radius 3 is 2.50 bits per heavy atom. The zero-order valence-corrected chi connectivity index (χ0v) is 11.2. The molecule has 0 aliphatic rings. The van der Waals surface area contributed by atoms with Crippen LogP contribution in [0.4, 0.5) is 0 Å². The third-order valence-corrected chi connectivity index (χ3v) is 3.49. The molecule has 0 radical (unpaired) electrons. The van der Waals surface area contributed by atoms with Crippen LogP contribution in [0.1, 0.15) is 21.6 Å². The lowest BCUT2D eigenvalue weighted by molar-refractivity contribution is 0.0697. The van der Waals surface area contributed by atoms with E-state index in [4.69, 9.17) is 28.3 Å². The molecule has 0 saturated carbocycles. The molecule has 0 unspecified atom stereocenters. The first kappa shape index (κ1) is 12.9. The predicted octanol–water partition coefficient (Wildman–Crippen LogP) is 3.49. The van der Waals surface area contributed by atoms with Gasteiger partial charge in [-0.25, -0.2) is 9.48 Å². The van der Waals surface area contributed by atoms with Crippen LogP contribution in [-0.4, -0.2) is 20.9 Å². The number of carbonyl (C=O) groups is 1. The molecule has 0 saturated heterocycles. The van der Waals surface area contributed by atoms with Gasteiger partial charge in [-0.3, -0.25) is 0 Å². The molecule has 0 bridgehead atoms. The lowest BCUT2D eigenvalue weighted by Crippen LogP contribution is -2.02. The van der Waals surface area contributed by atoms with Gasteiger partial charge in [0.1, 0.15) is 5.15 Å². The normalized spacial score (nSPS) is 10.7. The highest BCUT2D eigenvalue weighted by Crippen LogP contribution is 2.25. The standard InChI is InChI=1S/C12H10Cl2N2O2/c1-6-7(2)15-16(11(6)14)8-3-4-10(13)9(5-8)12(17)18/h3-5H,1-2H3,(H,17,18). The second kappa shape index (κ2) is 4.63. The molecular formula is C12H10Cl2N2O2. The van der Waals surface area contributed by atoms with E-state index in [1.54, 1.807) is 6.07 Å². The number of benzene rings is 1. The maximum atomic E-state index is 11.0. The van der Waals surface area contributed by atoms with Crippen molar-refractivity contribution in [2.75, 3.05) is 0 Å². The Morgan fingerprint density at radius 1 is 1.33 bits per heavy atom. The van der Waals surface area contributed by atoms with E-state index in [9.17, 15) is 4.79 Å².